The maximum Gasteiger partial charge on any atom is 0.433 e. The van der Waals surface area contributed by atoms with Gasteiger partial charge in [-0.05, 0) is 74.4 Å². The van der Waals surface area contributed by atoms with Crippen LogP contribution in [0.25, 0.3) is 10.9 Å². The lowest BCUT2D eigenvalue weighted by Gasteiger charge is -2.33. The highest BCUT2D eigenvalue weighted by Crippen LogP contribution is 2.38. The molecule has 0 saturated heterocycles. The van der Waals surface area contributed by atoms with Crippen molar-refractivity contribution in [3.63, 3.8) is 0 Å². The van der Waals surface area contributed by atoms with Crippen molar-refractivity contribution in [1.29, 1.82) is 0 Å². The van der Waals surface area contributed by atoms with Crippen LogP contribution in [-0.2, 0) is 11.0 Å². The minimum Gasteiger partial charge on any atom is -0.490 e. The molecule has 0 aliphatic heterocycles. The fourth-order valence-electron chi connectivity index (χ4n) is 4.68. The third-order valence-electron chi connectivity index (χ3n) is 6.44. The van der Waals surface area contributed by atoms with Crippen LogP contribution in [0.15, 0.2) is 54.6 Å². The first-order chi connectivity index (χ1) is 16.2. The Balaban J connectivity index is 1.42. The molecule has 1 N–H and O–H groups in total. The molecule has 0 spiro atoms. The van der Waals surface area contributed by atoms with E-state index in [0.717, 1.165) is 18.9 Å². The zero-order valence-corrected chi connectivity index (χ0v) is 19.5. The van der Waals surface area contributed by atoms with E-state index in [-0.39, 0.29) is 35.1 Å². The average Bonchev–Trinajstić information content (AvgIpc) is 2.81. The number of para-hydroxylation sites is 1. The number of halogens is 4. The van der Waals surface area contributed by atoms with Gasteiger partial charge >= 0.3 is 6.18 Å². The smallest absolute Gasteiger partial charge is 0.433 e. The molecule has 0 bridgehead atoms. The molecule has 1 saturated carbocycles. The van der Waals surface area contributed by atoms with E-state index in [9.17, 15) is 18.0 Å². The summed E-state index contributed by atoms with van der Waals surface area (Å²) in [5.41, 5.74) is 0.000588. The van der Waals surface area contributed by atoms with E-state index >= 15 is 0 Å². The van der Waals surface area contributed by atoms with Gasteiger partial charge in [0.1, 0.15) is 11.4 Å². The Hall–Kier alpha value is -2.80. The third kappa shape index (κ3) is 5.63. The van der Waals surface area contributed by atoms with E-state index in [0.29, 0.717) is 35.4 Å². The van der Waals surface area contributed by atoms with Crippen molar-refractivity contribution in [2.75, 3.05) is 5.32 Å². The zero-order valence-electron chi connectivity index (χ0n) is 18.7. The average molecular weight is 491 g/mol. The van der Waals surface area contributed by atoms with E-state index in [2.05, 4.69) is 10.3 Å². The number of hydrogen-bond donors (Lipinski definition) is 1. The van der Waals surface area contributed by atoms with Gasteiger partial charge in [-0.25, -0.2) is 4.98 Å². The van der Waals surface area contributed by atoms with Crippen LogP contribution >= 0.6 is 11.6 Å². The molecule has 1 aliphatic carbocycles. The Morgan fingerprint density at radius 3 is 2.44 bits per heavy atom. The van der Waals surface area contributed by atoms with E-state index in [1.54, 1.807) is 48.5 Å². The van der Waals surface area contributed by atoms with Crippen LogP contribution in [0.4, 0.5) is 18.9 Å². The Morgan fingerprint density at radius 1 is 1.12 bits per heavy atom. The van der Waals surface area contributed by atoms with Gasteiger partial charge in [0.25, 0.3) is 0 Å². The third-order valence-corrected chi connectivity index (χ3v) is 6.69. The van der Waals surface area contributed by atoms with E-state index in [1.807, 2.05) is 6.92 Å². The molecule has 3 aromatic rings. The molecule has 1 atom stereocenters. The molecule has 1 aromatic heterocycles. The lowest BCUT2D eigenvalue weighted by molar-refractivity contribution is -0.141. The standard InChI is InChI=1S/C26H26ClF3N2O2/c1-2-20(25(33)31-18-11-9-17(27)10-12-18)16-7-13-19(14-8-16)34-23-15-24(26(28,29)30)32-22-6-4-3-5-21(22)23/h3-6,9-12,15-16,19-20H,2,7-8,13-14H2,1H3,(H,31,33). The van der Waals surface area contributed by atoms with Gasteiger partial charge in [-0.15, -0.1) is 0 Å². The lowest BCUT2D eigenvalue weighted by Crippen LogP contribution is -2.34. The van der Waals surface area contributed by atoms with E-state index in [4.69, 9.17) is 16.3 Å². The number of rotatable bonds is 6. The van der Waals surface area contributed by atoms with Gasteiger partial charge < -0.3 is 10.1 Å². The van der Waals surface area contributed by atoms with Crippen LogP contribution in [0.3, 0.4) is 0 Å². The number of carbonyl (C=O) groups excluding carboxylic acids is 1. The first-order valence-corrected chi connectivity index (χ1v) is 11.8. The number of hydrogen-bond acceptors (Lipinski definition) is 3. The molecular formula is C26H26ClF3N2O2. The fraction of sp³-hybridized carbons (Fsp3) is 0.385. The summed E-state index contributed by atoms with van der Waals surface area (Å²) in [4.78, 5) is 16.6. The monoisotopic (exact) mass is 490 g/mol. The van der Waals surface area contributed by atoms with E-state index < -0.39 is 11.9 Å². The minimum absolute atomic E-state index is 0.0239. The summed E-state index contributed by atoms with van der Waals surface area (Å²) in [6, 6.07) is 14.7. The van der Waals surface area contributed by atoms with Gasteiger partial charge in [-0.3, -0.25) is 4.79 Å². The van der Waals surface area contributed by atoms with Crippen molar-refractivity contribution >= 4 is 34.1 Å². The number of aromatic nitrogens is 1. The maximum absolute atomic E-state index is 13.3. The van der Waals surface area contributed by atoms with Crippen molar-refractivity contribution in [2.45, 2.75) is 51.3 Å². The summed E-state index contributed by atoms with van der Waals surface area (Å²) in [6.07, 6.45) is -1.16. The molecule has 8 heteroatoms. The molecule has 1 aliphatic rings. The Morgan fingerprint density at radius 2 is 1.79 bits per heavy atom. The summed E-state index contributed by atoms with van der Waals surface area (Å²) in [5, 5.41) is 4.13. The summed E-state index contributed by atoms with van der Waals surface area (Å²) in [7, 11) is 0. The summed E-state index contributed by atoms with van der Waals surface area (Å²) < 4.78 is 46.1. The van der Waals surface area contributed by atoms with Crippen LogP contribution in [0.2, 0.25) is 5.02 Å². The van der Waals surface area contributed by atoms with Crippen molar-refractivity contribution in [3.05, 3.63) is 65.3 Å². The molecule has 1 unspecified atom stereocenters. The van der Waals surface area contributed by atoms with Gasteiger partial charge in [0.05, 0.1) is 11.6 Å². The highest BCUT2D eigenvalue weighted by atomic mass is 35.5. The molecule has 1 heterocycles. The Kier molecular flexibility index (Phi) is 7.31. The zero-order chi connectivity index (χ0) is 24.3. The van der Waals surface area contributed by atoms with Crippen molar-refractivity contribution in [1.82, 2.24) is 4.98 Å². The predicted octanol–water partition coefficient (Wildman–Crippen LogP) is 7.51. The number of pyridine rings is 1. The number of alkyl halides is 3. The molecule has 4 nitrogen and oxygen atoms in total. The van der Waals surface area contributed by atoms with Gasteiger partial charge in [0.2, 0.25) is 5.91 Å². The number of nitrogens with one attached hydrogen (secondary N) is 1. The molecule has 1 fully saturated rings. The molecule has 34 heavy (non-hydrogen) atoms. The SMILES string of the molecule is CCC(C(=O)Nc1ccc(Cl)cc1)C1CCC(Oc2cc(C(F)(F)F)nc3ccccc23)CC1. The molecule has 180 valence electrons. The topological polar surface area (TPSA) is 51.2 Å². The van der Waals surface area contributed by atoms with Crippen LogP contribution in [0.1, 0.15) is 44.7 Å². The predicted molar refractivity (Wildman–Crippen MR) is 127 cm³/mol. The minimum atomic E-state index is -4.55. The van der Waals surface area contributed by atoms with E-state index in [1.165, 1.54) is 0 Å². The summed E-state index contributed by atoms with van der Waals surface area (Å²) >= 11 is 5.91. The largest absolute Gasteiger partial charge is 0.490 e. The number of benzene rings is 2. The van der Waals surface area contributed by atoms with Gasteiger partial charge in [0.15, 0.2) is 0 Å². The Labute approximate surface area is 201 Å². The molecule has 1 amide bonds. The number of carbonyl (C=O) groups is 1. The summed E-state index contributed by atoms with van der Waals surface area (Å²) in [6.45, 7) is 2.00. The normalized spacial score (nSPS) is 19.6. The summed E-state index contributed by atoms with van der Waals surface area (Å²) in [5.74, 6) is 0.227. The first kappa shape index (κ1) is 24.3. The van der Waals surface area contributed by atoms with Gasteiger partial charge in [-0.1, -0.05) is 30.7 Å². The first-order valence-electron chi connectivity index (χ1n) is 11.4. The van der Waals surface area contributed by atoms with Crippen LogP contribution < -0.4 is 10.1 Å². The number of ether oxygens (including phenoxy) is 1. The number of nitrogens with zero attached hydrogens (tertiary/aromatic N) is 1. The number of fused-ring (bicyclic) bond motifs is 1. The van der Waals surface area contributed by atoms with Crippen molar-refractivity contribution in [3.8, 4) is 5.75 Å². The maximum atomic E-state index is 13.3. The molecule has 4 rings (SSSR count). The van der Waals surface area contributed by atoms with Crippen LogP contribution in [-0.4, -0.2) is 17.0 Å². The molecule has 2 aromatic carbocycles. The second-order valence-corrected chi connectivity index (χ2v) is 9.12. The number of anilines is 1. The van der Waals surface area contributed by atoms with Gasteiger partial charge in [-0.2, -0.15) is 13.2 Å². The highest BCUT2D eigenvalue weighted by molar-refractivity contribution is 6.30. The quantitative estimate of drug-likeness (QED) is 0.389. The molecule has 0 radical (unpaired) electrons. The number of amides is 1. The second-order valence-electron chi connectivity index (χ2n) is 8.69. The fourth-order valence-corrected chi connectivity index (χ4v) is 4.80. The lowest BCUT2D eigenvalue weighted by atomic mass is 9.77. The van der Waals surface area contributed by atoms with Crippen LogP contribution in [0.5, 0.6) is 5.75 Å². The van der Waals surface area contributed by atoms with Crippen LogP contribution in [0, 0.1) is 11.8 Å². The van der Waals surface area contributed by atoms with Crippen molar-refractivity contribution < 1.29 is 22.7 Å². The van der Waals surface area contributed by atoms with Gasteiger partial charge in [0, 0.05) is 28.1 Å². The van der Waals surface area contributed by atoms with Crippen molar-refractivity contribution in [2.24, 2.45) is 11.8 Å². The highest BCUT2D eigenvalue weighted by Gasteiger charge is 2.35. The second kappa shape index (κ2) is 10.2. The molecular weight excluding hydrogens is 465 g/mol. The Bertz CT molecular complexity index is 1140.